The fraction of sp³-hybridized carbons (Fsp3) is 0.259. The standard InChI is InChI=1S/C27H28ClN5O5S/c1-3-21(26(29)35)37-22-7-6-18(28)11-17(22)14-30-25(34)13-20-16(2)8-9-33(27(20)36)31-15-19-12-23(38-32-19)24-5-4-10-39-24/h4-12,21,31H,3,13-15H2,1-2H3,(H2,29,35)(H,30,34). The molecule has 0 aliphatic carbocycles. The van der Waals surface area contributed by atoms with Gasteiger partial charge in [0.25, 0.3) is 11.5 Å². The molecule has 39 heavy (non-hydrogen) atoms. The quantitative estimate of drug-likeness (QED) is 0.236. The van der Waals surface area contributed by atoms with Crippen LogP contribution in [0.3, 0.4) is 0 Å². The van der Waals surface area contributed by atoms with Gasteiger partial charge in [-0.15, -0.1) is 11.3 Å². The van der Waals surface area contributed by atoms with Crippen molar-refractivity contribution in [2.45, 2.75) is 45.9 Å². The van der Waals surface area contributed by atoms with E-state index in [1.165, 1.54) is 4.68 Å². The second-order valence-electron chi connectivity index (χ2n) is 8.77. The average Bonchev–Trinajstić information content (AvgIpc) is 3.61. The van der Waals surface area contributed by atoms with Crippen LogP contribution in [0.15, 0.2) is 63.4 Å². The monoisotopic (exact) mass is 569 g/mol. The van der Waals surface area contributed by atoms with E-state index >= 15 is 0 Å². The number of benzene rings is 1. The van der Waals surface area contributed by atoms with Gasteiger partial charge in [0.15, 0.2) is 11.9 Å². The Kier molecular flexibility index (Phi) is 9.05. The number of carbonyl (C=O) groups is 2. The van der Waals surface area contributed by atoms with Gasteiger partial charge in [0.2, 0.25) is 5.91 Å². The van der Waals surface area contributed by atoms with Gasteiger partial charge in [-0.25, -0.2) is 4.68 Å². The largest absolute Gasteiger partial charge is 0.480 e. The van der Waals surface area contributed by atoms with Gasteiger partial charge in [0, 0.05) is 35.0 Å². The molecule has 4 N–H and O–H groups in total. The molecular weight excluding hydrogens is 542 g/mol. The lowest BCUT2D eigenvalue weighted by Gasteiger charge is -2.18. The number of amides is 2. The smallest absolute Gasteiger partial charge is 0.272 e. The highest BCUT2D eigenvalue weighted by molar-refractivity contribution is 7.13. The molecule has 3 aromatic heterocycles. The molecule has 0 radical (unpaired) electrons. The number of nitrogens with two attached hydrogens (primary N) is 1. The van der Waals surface area contributed by atoms with Crippen LogP contribution in [0.5, 0.6) is 5.75 Å². The van der Waals surface area contributed by atoms with Crippen LogP contribution in [0, 0.1) is 6.92 Å². The van der Waals surface area contributed by atoms with E-state index in [-0.39, 0.29) is 31.0 Å². The Bertz CT molecular complexity index is 1520. The molecule has 12 heteroatoms. The zero-order valence-corrected chi connectivity index (χ0v) is 23.0. The predicted molar refractivity (Wildman–Crippen MR) is 149 cm³/mol. The summed E-state index contributed by atoms with van der Waals surface area (Å²) in [6.45, 7) is 3.90. The van der Waals surface area contributed by atoms with Crippen molar-refractivity contribution in [1.29, 1.82) is 0 Å². The summed E-state index contributed by atoms with van der Waals surface area (Å²) in [7, 11) is 0. The van der Waals surface area contributed by atoms with Gasteiger partial charge >= 0.3 is 0 Å². The normalized spacial score (nSPS) is 11.7. The molecule has 204 valence electrons. The zero-order chi connectivity index (χ0) is 27.9. The fourth-order valence-electron chi connectivity index (χ4n) is 3.82. The molecule has 1 atom stereocenters. The molecule has 0 fully saturated rings. The number of aryl methyl sites for hydroxylation is 1. The van der Waals surface area contributed by atoms with E-state index in [2.05, 4.69) is 15.9 Å². The zero-order valence-electron chi connectivity index (χ0n) is 21.4. The van der Waals surface area contributed by atoms with Gasteiger partial charge < -0.3 is 25.7 Å². The summed E-state index contributed by atoms with van der Waals surface area (Å²) >= 11 is 7.68. The van der Waals surface area contributed by atoms with E-state index in [0.29, 0.717) is 45.3 Å². The molecule has 0 saturated heterocycles. The number of thiophene rings is 1. The number of primary amides is 1. The Morgan fingerprint density at radius 3 is 2.77 bits per heavy atom. The van der Waals surface area contributed by atoms with Crippen LogP contribution in [-0.2, 0) is 29.1 Å². The number of hydrogen-bond acceptors (Lipinski definition) is 8. The summed E-state index contributed by atoms with van der Waals surface area (Å²) in [5, 5.41) is 9.25. The number of nitrogens with zero attached hydrogens (tertiary/aromatic N) is 2. The predicted octanol–water partition coefficient (Wildman–Crippen LogP) is 3.77. The average molecular weight is 570 g/mol. The summed E-state index contributed by atoms with van der Waals surface area (Å²) in [6.07, 6.45) is 1.06. The van der Waals surface area contributed by atoms with E-state index < -0.39 is 12.0 Å². The molecule has 0 bridgehead atoms. The van der Waals surface area contributed by atoms with Crippen LogP contribution >= 0.6 is 22.9 Å². The lowest BCUT2D eigenvalue weighted by atomic mass is 10.1. The number of hydrogen-bond donors (Lipinski definition) is 3. The number of rotatable bonds is 12. The van der Waals surface area contributed by atoms with Crippen molar-refractivity contribution in [2.75, 3.05) is 5.43 Å². The lowest BCUT2D eigenvalue weighted by Crippen LogP contribution is -2.35. The minimum absolute atomic E-state index is 0.0843. The first-order valence-electron chi connectivity index (χ1n) is 12.2. The van der Waals surface area contributed by atoms with Crippen LogP contribution in [0.4, 0.5) is 0 Å². The maximum Gasteiger partial charge on any atom is 0.272 e. The molecule has 1 unspecified atom stereocenters. The first kappa shape index (κ1) is 27.9. The van der Waals surface area contributed by atoms with E-state index in [1.54, 1.807) is 55.6 Å². The van der Waals surface area contributed by atoms with Crippen LogP contribution in [0.1, 0.15) is 35.7 Å². The second kappa shape index (κ2) is 12.6. The van der Waals surface area contributed by atoms with Crippen molar-refractivity contribution in [3.05, 3.63) is 91.8 Å². The van der Waals surface area contributed by atoms with Gasteiger partial charge in [0.1, 0.15) is 11.4 Å². The molecule has 0 spiro atoms. The first-order chi connectivity index (χ1) is 18.7. The maximum atomic E-state index is 13.1. The summed E-state index contributed by atoms with van der Waals surface area (Å²) in [5.41, 5.74) is 10.3. The number of nitrogens with one attached hydrogen (secondary N) is 2. The molecule has 2 amide bonds. The Hall–Kier alpha value is -4.09. The van der Waals surface area contributed by atoms with Gasteiger partial charge in [0.05, 0.1) is 17.8 Å². The summed E-state index contributed by atoms with van der Waals surface area (Å²) in [6, 6.07) is 12.3. The minimum atomic E-state index is -0.807. The second-order valence-corrected chi connectivity index (χ2v) is 10.2. The highest BCUT2D eigenvalue weighted by atomic mass is 35.5. The van der Waals surface area contributed by atoms with Crippen molar-refractivity contribution in [2.24, 2.45) is 5.73 Å². The molecule has 1 aromatic carbocycles. The van der Waals surface area contributed by atoms with E-state index in [1.807, 2.05) is 23.6 Å². The third kappa shape index (κ3) is 7.06. The third-order valence-corrected chi connectivity index (χ3v) is 7.09. The van der Waals surface area contributed by atoms with Crippen molar-refractivity contribution in [1.82, 2.24) is 15.1 Å². The lowest BCUT2D eigenvalue weighted by molar-refractivity contribution is -0.125. The van der Waals surface area contributed by atoms with Crippen LogP contribution in [-0.4, -0.2) is 27.8 Å². The van der Waals surface area contributed by atoms with Gasteiger partial charge in [-0.3, -0.25) is 14.4 Å². The van der Waals surface area contributed by atoms with Gasteiger partial charge in [-0.1, -0.05) is 29.7 Å². The Morgan fingerprint density at radius 1 is 1.23 bits per heavy atom. The summed E-state index contributed by atoms with van der Waals surface area (Å²) in [4.78, 5) is 38.5. The molecule has 4 rings (SSSR count). The van der Waals surface area contributed by atoms with Crippen molar-refractivity contribution in [3.8, 4) is 16.4 Å². The fourth-order valence-corrected chi connectivity index (χ4v) is 4.69. The molecule has 10 nitrogen and oxygen atoms in total. The van der Waals surface area contributed by atoms with E-state index in [9.17, 15) is 14.4 Å². The number of aromatic nitrogens is 2. The summed E-state index contributed by atoms with van der Waals surface area (Å²) < 4.78 is 12.5. The molecular formula is C27H28ClN5O5S. The highest BCUT2D eigenvalue weighted by Crippen LogP contribution is 2.26. The van der Waals surface area contributed by atoms with Crippen molar-refractivity contribution >= 4 is 34.8 Å². The molecule has 0 saturated carbocycles. The molecule has 0 aliphatic rings. The highest BCUT2D eigenvalue weighted by Gasteiger charge is 2.18. The third-order valence-electron chi connectivity index (χ3n) is 5.97. The van der Waals surface area contributed by atoms with E-state index in [0.717, 1.165) is 4.88 Å². The first-order valence-corrected chi connectivity index (χ1v) is 13.5. The van der Waals surface area contributed by atoms with Gasteiger partial charge in [-0.05, 0) is 54.6 Å². The number of halogens is 1. The number of carbonyl (C=O) groups excluding carboxylic acids is 2. The Labute approximate surface area is 233 Å². The van der Waals surface area contributed by atoms with Crippen LogP contribution in [0.25, 0.3) is 10.6 Å². The molecule has 0 aliphatic heterocycles. The van der Waals surface area contributed by atoms with Gasteiger partial charge in [-0.2, -0.15) is 0 Å². The van der Waals surface area contributed by atoms with E-state index in [4.69, 9.17) is 26.6 Å². The van der Waals surface area contributed by atoms with Crippen LogP contribution in [0.2, 0.25) is 5.02 Å². The van der Waals surface area contributed by atoms with Crippen molar-refractivity contribution < 1.29 is 18.8 Å². The molecule has 4 aromatic rings. The topological polar surface area (TPSA) is 141 Å². The minimum Gasteiger partial charge on any atom is -0.480 e. The van der Waals surface area contributed by atoms with Crippen molar-refractivity contribution in [3.63, 3.8) is 0 Å². The Morgan fingerprint density at radius 2 is 2.05 bits per heavy atom. The number of pyridine rings is 1. The maximum absolute atomic E-state index is 13.1. The van der Waals surface area contributed by atoms with Crippen LogP contribution < -0.4 is 26.8 Å². The molecule has 3 heterocycles. The SMILES string of the molecule is CCC(Oc1ccc(Cl)cc1CNC(=O)Cc1c(C)ccn(NCc2cc(-c3cccs3)on2)c1=O)C(N)=O. The Balaban J connectivity index is 1.40. The summed E-state index contributed by atoms with van der Waals surface area (Å²) in [5.74, 6) is 0.0997. The number of ether oxygens (including phenoxy) is 1.